The van der Waals surface area contributed by atoms with Gasteiger partial charge in [-0.15, -0.1) is 0 Å². The van der Waals surface area contributed by atoms with Crippen molar-refractivity contribution in [2.75, 3.05) is 18.5 Å². The third kappa shape index (κ3) is 2.59. The van der Waals surface area contributed by atoms with E-state index < -0.39 is 10.0 Å². The van der Waals surface area contributed by atoms with Crippen LogP contribution < -0.4 is 9.04 Å². The lowest BCUT2D eigenvalue weighted by Gasteiger charge is -2.21. The summed E-state index contributed by atoms with van der Waals surface area (Å²) < 4.78 is 32.4. The minimum Gasteiger partial charge on any atom is -0.493 e. The van der Waals surface area contributed by atoms with E-state index in [1.165, 1.54) is 20.4 Å². The molecule has 2 heterocycles. The maximum Gasteiger partial charge on any atom is 0.266 e. The van der Waals surface area contributed by atoms with Crippen molar-refractivity contribution in [1.82, 2.24) is 9.97 Å². The van der Waals surface area contributed by atoms with E-state index in [1.807, 2.05) is 0 Å². The quantitative estimate of drug-likeness (QED) is 0.735. The van der Waals surface area contributed by atoms with Gasteiger partial charge in [-0.3, -0.25) is 4.98 Å². The van der Waals surface area contributed by atoms with Crippen molar-refractivity contribution in [3.63, 3.8) is 0 Å². The molecule has 3 rings (SSSR count). The minimum absolute atomic E-state index is 0.179. The van der Waals surface area contributed by atoms with Crippen LogP contribution in [0, 0.1) is 0 Å². The van der Waals surface area contributed by atoms with Crippen LogP contribution >= 0.6 is 0 Å². The molecule has 118 valence electrons. The SMILES string of the molecule is COc1cccnc1N(C)S(=O)(=O)c1cccc2ncccc12. The molecule has 0 N–H and O–H groups in total. The Balaban J connectivity index is 2.17. The zero-order chi connectivity index (χ0) is 16.4. The monoisotopic (exact) mass is 329 g/mol. The number of nitrogens with zero attached hydrogens (tertiary/aromatic N) is 3. The molecule has 0 aliphatic carbocycles. The van der Waals surface area contributed by atoms with Crippen LogP contribution in [-0.2, 0) is 10.0 Å². The molecule has 0 atom stereocenters. The molecule has 0 saturated carbocycles. The fraction of sp³-hybridized carbons (Fsp3) is 0.125. The predicted octanol–water partition coefficient (Wildman–Crippen LogP) is 2.46. The van der Waals surface area contributed by atoms with Crippen LogP contribution in [0.2, 0.25) is 0 Å². The molecular weight excluding hydrogens is 314 g/mol. The molecule has 0 aliphatic heterocycles. The van der Waals surface area contributed by atoms with Crippen LogP contribution in [0.1, 0.15) is 0 Å². The van der Waals surface area contributed by atoms with E-state index in [0.29, 0.717) is 16.7 Å². The molecule has 2 aromatic heterocycles. The van der Waals surface area contributed by atoms with Gasteiger partial charge in [-0.25, -0.2) is 17.7 Å². The molecule has 0 spiro atoms. The van der Waals surface area contributed by atoms with Gasteiger partial charge in [0, 0.05) is 24.8 Å². The molecule has 0 bridgehead atoms. The number of ether oxygens (including phenoxy) is 1. The first-order valence-electron chi connectivity index (χ1n) is 6.87. The largest absolute Gasteiger partial charge is 0.493 e. The summed E-state index contributed by atoms with van der Waals surface area (Å²) in [7, 11) is -0.872. The number of pyridine rings is 2. The first kappa shape index (κ1) is 15.2. The van der Waals surface area contributed by atoms with E-state index in [2.05, 4.69) is 9.97 Å². The minimum atomic E-state index is -3.80. The van der Waals surface area contributed by atoms with Crippen LogP contribution in [0.15, 0.2) is 59.8 Å². The number of hydrogen-bond donors (Lipinski definition) is 0. The van der Waals surface area contributed by atoms with E-state index in [1.54, 1.807) is 48.7 Å². The molecule has 0 unspecified atom stereocenters. The van der Waals surface area contributed by atoms with Crippen LogP contribution in [0.5, 0.6) is 5.75 Å². The Morgan fingerprint density at radius 2 is 1.74 bits per heavy atom. The van der Waals surface area contributed by atoms with E-state index in [-0.39, 0.29) is 10.7 Å². The third-order valence-corrected chi connectivity index (χ3v) is 5.32. The summed E-state index contributed by atoms with van der Waals surface area (Å²) >= 11 is 0. The number of hydrogen-bond acceptors (Lipinski definition) is 5. The van der Waals surface area contributed by atoms with Gasteiger partial charge < -0.3 is 4.74 Å². The molecule has 1 aromatic carbocycles. The fourth-order valence-electron chi connectivity index (χ4n) is 2.34. The van der Waals surface area contributed by atoms with Crippen molar-refractivity contribution >= 4 is 26.7 Å². The Kier molecular flexibility index (Phi) is 3.87. The van der Waals surface area contributed by atoms with E-state index >= 15 is 0 Å². The van der Waals surface area contributed by atoms with E-state index in [9.17, 15) is 8.42 Å². The van der Waals surface area contributed by atoms with Crippen molar-refractivity contribution in [3.8, 4) is 5.75 Å². The molecule has 6 nitrogen and oxygen atoms in total. The van der Waals surface area contributed by atoms with Crippen LogP contribution in [0.3, 0.4) is 0 Å². The summed E-state index contributed by atoms with van der Waals surface area (Å²) in [4.78, 5) is 8.50. The molecule has 0 amide bonds. The second-order valence-electron chi connectivity index (χ2n) is 4.83. The molecular formula is C16H15N3O3S. The number of anilines is 1. The number of methoxy groups -OCH3 is 1. The summed E-state index contributed by atoms with van der Waals surface area (Å²) in [5.74, 6) is 0.618. The van der Waals surface area contributed by atoms with Crippen LogP contribution in [0.25, 0.3) is 10.9 Å². The summed E-state index contributed by atoms with van der Waals surface area (Å²) in [6, 6.07) is 11.8. The highest BCUT2D eigenvalue weighted by Gasteiger charge is 2.26. The van der Waals surface area contributed by atoms with Gasteiger partial charge in [0.2, 0.25) is 0 Å². The van der Waals surface area contributed by atoms with Gasteiger partial charge in [-0.2, -0.15) is 0 Å². The maximum absolute atomic E-state index is 13.0. The van der Waals surface area contributed by atoms with Gasteiger partial charge in [0.1, 0.15) is 0 Å². The van der Waals surface area contributed by atoms with Gasteiger partial charge in [0.05, 0.1) is 17.5 Å². The smallest absolute Gasteiger partial charge is 0.266 e. The number of sulfonamides is 1. The standard InChI is InChI=1S/C16H15N3O3S/c1-19(16-14(22-2)8-5-11-18-16)23(20,21)15-9-3-7-13-12(15)6-4-10-17-13/h3-11H,1-2H3. The average Bonchev–Trinajstić information content (AvgIpc) is 2.60. The number of fused-ring (bicyclic) bond motifs is 1. The van der Waals surface area contributed by atoms with Gasteiger partial charge in [-0.05, 0) is 36.4 Å². The highest BCUT2D eigenvalue weighted by molar-refractivity contribution is 7.93. The lowest BCUT2D eigenvalue weighted by atomic mass is 10.2. The molecule has 3 aromatic rings. The van der Waals surface area contributed by atoms with Crippen molar-refractivity contribution in [2.45, 2.75) is 4.90 Å². The summed E-state index contributed by atoms with van der Waals surface area (Å²) in [6.07, 6.45) is 3.15. The highest BCUT2D eigenvalue weighted by Crippen LogP contribution is 2.30. The molecule has 23 heavy (non-hydrogen) atoms. The Morgan fingerprint density at radius 1 is 1.00 bits per heavy atom. The van der Waals surface area contributed by atoms with Gasteiger partial charge in [0.15, 0.2) is 11.6 Å². The molecule has 0 saturated heterocycles. The second-order valence-corrected chi connectivity index (χ2v) is 6.77. The van der Waals surface area contributed by atoms with Crippen molar-refractivity contribution in [3.05, 3.63) is 54.9 Å². The Labute approximate surface area is 134 Å². The Bertz CT molecular complexity index is 952. The maximum atomic E-state index is 13.0. The third-order valence-electron chi connectivity index (χ3n) is 3.51. The van der Waals surface area contributed by atoms with Crippen molar-refractivity contribution in [1.29, 1.82) is 0 Å². The lowest BCUT2D eigenvalue weighted by Crippen LogP contribution is -2.28. The number of benzene rings is 1. The zero-order valence-electron chi connectivity index (χ0n) is 12.7. The number of rotatable bonds is 4. The topological polar surface area (TPSA) is 72.4 Å². The Hall–Kier alpha value is -2.67. The predicted molar refractivity (Wildman–Crippen MR) is 88.1 cm³/mol. The van der Waals surface area contributed by atoms with Gasteiger partial charge in [-0.1, -0.05) is 6.07 Å². The first-order valence-corrected chi connectivity index (χ1v) is 8.31. The van der Waals surface area contributed by atoms with Gasteiger partial charge in [0.25, 0.3) is 10.0 Å². The van der Waals surface area contributed by atoms with Gasteiger partial charge >= 0.3 is 0 Å². The number of aromatic nitrogens is 2. The van der Waals surface area contributed by atoms with Crippen LogP contribution in [-0.4, -0.2) is 32.5 Å². The second kappa shape index (κ2) is 5.85. The highest BCUT2D eigenvalue weighted by atomic mass is 32.2. The molecule has 0 radical (unpaired) electrons. The first-order chi connectivity index (χ1) is 11.1. The Morgan fingerprint density at radius 3 is 2.52 bits per heavy atom. The van der Waals surface area contributed by atoms with Crippen molar-refractivity contribution in [2.24, 2.45) is 0 Å². The lowest BCUT2D eigenvalue weighted by molar-refractivity contribution is 0.414. The fourth-order valence-corrected chi connectivity index (χ4v) is 3.70. The molecule has 0 aliphatic rings. The molecule has 7 heteroatoms. The van der Waals surface area contributed by atoms with E-state index in [0.717, 1.165) is 4.31 Å². The van der Waals surface area contributed by atoms with Crippen molar-refractivity contribution < 1.29 is 13.2 Å². The molecule has 0 fully saturated rings. The van der Waals surface area contributed by atoms with E-state index in [4.69, 9.17) is 4.74 Å². The van der Waals surface area contributed by atoms with Crippen LogP contribution in [0.4, 0.5) is 5.82 Å². The normalized spacial score (nSPS) is 11.4. The average molecular weight is 329 g/mol. The zero-order valence-corrected chi connectivity index (χ0v) is 13.5. The summed E-state index contributed by atoms with van der Waals surface area (Å²) in [5, 5.41) is 0.566. The summed E-state index contributed by atoms with van der Waals surface area (Å²) in [6.45, 7) is 0. The summed E-state index contributed by atoms with van der Waals surface area (Å²) in [5.41, 5.74) is 0.620.